The standard InChI is InChI=1S/C66H129NO5/c1-3-5-7-9-11-13-15-17-19-20-21-22-23-24-25-28-31-34-38-42-46-50-54-58-64(69)63(62-68)67-65(70)59-55-51-47-43-39-35-32-29-26-27-30-33-37-41-45-49-53-57-61-72-66(71)60-56-52-48-44-40-36-18-16-14-12-10-8-6-4-2/h54,58,63-64,68-69H,3-53,55-57,59-62H2,1-2H3,(H,67,70)/b58-54+. The monoisotopic (exact) mass is 1020 g/mol. The van der Waals surface area contributed by atoms with Crippen molar-refractivity contribution in [3.8, 4) is 0 Å². The Morgan fingerprint density at radius 3 is 0.944 bits per heavy atom. The topological polar surface area (TPSA) is 95.9 Å². The molecular weight excluding hydrogens is 887 g/mol. The summed E-state index contributed by atoms with van der Waals surface area (Å²) in [6.07, 6.45) is 75.5. The van der Waals surface area contributed by atoms with Gasteiger partial charge in [0.1, 0.15) is 0 Å². The summed E-state index contributed by atoms with van der Waals surface area (Å²) in [7, 11) is 0. The van der Waals surface area contributed by atoms with E-state index in [4.69, 9.17) is 4.74 Å². The predicted octanol–water partition coefficient (Wildman–Crippen LogP) is 20.8. The van der Waals surface area contributed by atoms with Gasteiger partial charge in [-0.15, -0.1) is 0 Å². The molecule has 0 radical (unpaired) electrons. The van der Waals surface area contributed by atoms with Gasteiger partial charge in [-0.25, -0.2) is 0 Å². The quantitative estimate of drug-likeness (QED) is 0.0320. The smallest absolute Gasteiger partial charge is 0.305 e. The van der Waals surface area contributed by atoms with E-state index in [9.17, 15) is 19.8 Å². The molecule has 72 heavy (non-hydrogen) atoms. The molecule has 0 rings (SSSR count). The van der Waals surface area contributed by atoms with Crippen molar-refractivity contribution >= 4 is 11.9 Å². The van der Waals surface area contributed by atoms with Gasteiger partial charge < -0.3 is 20.3 Å². The van der Waals surface area contributed by atoms with E-state index >= 15 is 0 Å². The normalized spacial score (nSPS) is 12.6. The highest BCUT2D eigenvalue weighted by Crippen LogP contribution is 2.19. The summed E-state index contributed by atoms with van der Waals surface area (Å²) in [5.41, 5.74) is 0. The Bertz CT molecular complexity index is 1080. The first kappa shape index (κ1) is 70.6. The maximum Gasteiger partial charge on any atom is 0.305 e. The molecule has 428 valence electrons. The van der Waals surface area contributed by atoms with Crippen molar-refractivity contribution in [1.29, 1.82) is 0 Å². The first-order valence-electron chi connectivity index (χ1n) is 33.0. The summed E-state index contributed by atoms with van der Waals surface area (Å²) in [6.45, 7) is 4.94. The second-order valence-electron chi connectivity index (χ2n) is 22.8. The molecule has 0 aromatic heterocycles. The van der Waals surface area contributed by atoms with Gasteiger partial charge in [0.25, 0.3) is 0 Å². The second kappa shape index (κ2) is 62.1. The lowest BCUT2D eigenvalue weighted by Gasteiger charge is -2.20. The molecule has 0 aliphatic heterocycles. The summed E-state index contributed by atoms with van der Waals surface area (Å²) in [5.74, 6) is -0.0575. The van der Waals surface area contributed by atoms with Crippen LogP contribution in [0, 0.1) is 0 Å². The first-order valence-corrected chi connectivity index (χ1v) is 33.0. The van der Waals surface area contributed by atoms with E-state index in [1.54, 1.807) is 6.08 Å². The molecule has 0 saturated heterocycles. The maximum absolute atomic E-state index is 12.5. The Labute approximate surface area is 450 Å². The molecule has 0 aromatic carbocycles. The molecule has 2 unspecified atom stereocenters. The molecule has 0 bridgehead atoms. The number of hydrogen-bond donors (Lipinski definition) is 3. The summed E-state index contributed by atoms with van der Waals surface area (Å²) in [5, 5.41) is 23.2. The zero-order valence-electron chi connectivity index (χ0n) is 48.9. The lowest BCUT2D eigenvalue weighted by atomic mass is 10.0. The zero-order chi connectivity index (χ0) is 52.2. The van der Waals surface area contributed by atoms with Crippen LogP contribution in [0.2, 0.25) is 0 Å². The third kappa shape index (κ3) is 57.9. The SMILES string of the molecule is CCCCCCCCCCCCCCCCCCCCCCC/C=C/C(O)C(CO)NC(=O)CCCCCCCCCCCCCCCCCCCCOC(=O)CCCCCCCCCCCCCCCC. The van der Waals surface area contributed by atoms with E-state index in [1.165, 1.54) is 308 Å². The van der Waals surface area contributed by atoms with E-state index in [0.717, 1.165) is 38.5 Å². The van der Waals surface area contributed by atoms with Crippen molar-refractivity contribution in [2.24, 2.45) is 0 Å². The van der Waals surface area contributed by atoms with Crippen molar-refractivity contribution in [2.45, 2.75) is 386 Å². The predicted molar refractivity (Wildman–Crippen MR) is 315 cm³/mol. The van der Waals surface area contributed by atoms with Crippen LogP contribution in [-0.4, -0.2) is 47.4 Å². The Hall–Kier alpha value is -1.40. The van der Waals surface area contributed by atoms with Crippen LogP contribution >= 0.6 is 0 Å². The minimum atomic E-state index is -0.848. The van der Waals surface area contributed by atoms with Crippen LogP contribution in [0.3, 0.4) is 0 Å². The van der Waals surface area contributed by atoms with Crippen LogP contribution in [0.5, 0.6) is 0 Å². The van der Waals surface area contributed by atoms with Crippen LogP contribution in [0.4, 0.5) is 0 Å². The van der Waals surface area contributed by atoms with Crippen molar-refractivity contribution in [2.75, 3.05) is 13.2 Å². The van der Waals surface area contributed by atoms with Gasteiger partial charge in [0.15, 0.2) is 0 Å². The van der Waals surface area contributed by atoms with Gasteiger partial charge in [-0.3, -0.25) is 9.59 Å². The molecule has 0 aliphatic carbocycles. The van der Waals surface area contributed by atoms with Gasteiger partial charge in [0.2, 0.25) is 5.91 Å². The van der Waals surface area contributed by atoms with E-state index < -0.39 is 12.1 Å². The summed E-state index contributed by atoms with van der Waals surface area (Å²) < 4.78 is 5.49. The van der Waals surface area contributed by atoms with Gasteiger partial charge in [-0.1, -0.05) is 341 Å². The van der Waals surface area contributed by atoms with E-state index in [0.29, 0.717) is 19.4 Å². The van der Waals surface area contributed by atoms with Crippen molar-refractivity contribution in [1.82, 2.24) is 5.32 Å². The number of hydrogen-bond acceptors (Lipinski definition) is 5. The van der Waals surface area contributed by atoms with Crippen LogP contribution in [0.15, 0.2) is 12.2 Å². The van der Waals surface area contributed by atoms with Gasteiger partial charge in [0.05, 0.1) is 25.4 Å². The van der Waals surface area contributed by atoms with Gasteiger partial charge in [0, 0.05) is 12.8 Å². The number of ether oxygens (including phenoxy) is 1. The number of nitrogens with one attached hydrogen (secondary N) is 1. The number of unbranched alkanes of at least 4 members (excludes halogenated alkanes) is 51. The van der Waals surface area contributed by atoms with Crippen molar-refractivity contribution in [3.63, 3.8) is 0 Å². The van der Waals surface area contributed by atoms with Gasteiger partial charge in [-0.2, -0.15) is 0 Å². The van der Waals surface area contributed by atoms with Crippen molar-refractivity contribution < 1.29 is 24.5 Å². The second-order valence-corrected chi connectivity index (χ2v) is 22.8. The Balaban J connectivity index is 3.43. The highest BCUT2D eigenvalue weighted by Gasteiger charge is 2.18. The molecule has 0 aromatic rings. The van der Waals surface area contributed by atoms with Gasteiger partial charge in [-0.05, 0) is 32.1 Å². The third-order valence-electron chi connectivity index (χ3n) is 15.6. The number of aliphatic hydroxyl groups excluding tert-OH is 2. The van der Waals surface area contributed by atoms with E-state index in [1.807, 2.05) is 6.08 Å². The molecule has 0 saturated carbocycles. The number of carbonyl (C=O) groups excluding carboxylic acids is 2. The number of rotatable bonds is 62. The molecule has 0 spiro atoms. The third-order valence-corrected chi connectivity index (χ3v) is 15.6. The molecule has 2 atom stereocenters. The first-order chi connectivity index (χ1) is 35.5. The fraction of sp³-hybridized carbons (Fsp3) is 0.939. The highest BCUT2D eigenvalue weighted by atomic mass is 16.5. The molecule has 3 N–H and O–H groups in total. The number of aliphatic hydroxyl groups is 2. The number of carbonyl (C=O) groups is 2. The van der Waals surface area contributed by atoms with Crippen molar-refractivity contribution in [3.05, 3.63) is 12.2 Å². The molecular formula is C66H129NO5. The minimum absolute atomic E-state index is 0.00987. The van der Waals surface area contributed by atoms with E-state index in [-0.39, 0.29) is 18.5 Å². The molecule has 6 nitrogen and oxygen atoms in total. The summed E-state index contributed by atoms with van der Waals surface area (Å²) in [4.78, 5) is 24.6. The zero-order valence-corrected chi connectivity index (χ0v) is 48.9. The van der Waals surface area contributed by atoms with Crippen LogP contribution in [0.25, 0.3) is 0 Å². The maximum atomic E-state index is 12.5. The molecule has 0 fully saturated rings. The molecule has 6 heteroatoms. The fourth-order valence-electron chi connectivity index (χ4n) is 10.5. The average molecular weight is 1020 g/mol. The molecule has 1 amide bonds. The number of esters is 1. The highest BCUT2D eigenvalue weighted by molar-refractivity contribution is 5.76. The van der Waals surface area contributed by atoms with Crippen LogP contribution < -0.4 is 5.32 Å². The Morgan fingerprint density at radius 2 is 0.639 bits per heavy atom. The van der Waals surface area contributed by atoms with Crippen LogP contribution in [0.1, 0.15) is 373 Å². The fourth-order valence-corrected chi connectivity index (χ4v) is 10.5. The van der Waals surface area contributed by atoms with Crippen LogP contribution in [-0.2, 0) is 14.3 Å². The number of amides is 1. The molecule has 0 heterocycles. The van der Waals surface area contributed by atoms with E-state index in [2.05, 4.69) is 19.2 Å². The summed E-state index contributed by atoms with van der Waals surface area (Å²) in [6, 6.07) is -0.631. The lowest BCUT2D eigenvalue weighted by Crippen LogP contribution is -2.45. The Kier molecular flexibility index (Phi) is 60.9. The summed E-state index contributed by atoms with van der Waals surface area (Å²) >= 11 is 0. The lowest BCUT2D eigenvalue weighted by molar-refractivity contribution is -0.143. The molecule has 0 aliphatic rings. The average Bonchev–Trinajstić information content (AvgIpc) is 3.38. The Morgan fingerprint density at radius 1 is 0.375 bits per heavy atom. The minimum Gasteiger partial charge on any atom is -0.466 e. The van der Waals surface area contributed by atoms with Gasteiger partial charge >= 0.3 is 5.97 Å². The largest absolute Gasteiger partial charge is 0.466 e. The number of allylic oxidation sites excluding steroid dienone is 1.